The van der Waals surface area contributed by atoms with Gasteiger partial charge in [0.25, 0.3) is 0 Å². The van der Waals surface area contributed by atoms with E-state index < -0.39 is 0 Å². The minimum atomic E-state index is -0.0260. The standard InChI is InChI=1S/C12H21N3O2.ClH/c1-2-3-11(16)14-6-12(17)15-7-9-4-13-5-10(9)8-15;/h9-10,13H,2-8H2,1H3,(H,14,16);1H/t9-,10+;. The molecule has 18 heavy (non-hydrogen) atoms. The van der Waals surface area contributed by atoms with Crippen molar-refractivity contribution in [2.24, 2.45) is 11.8 Å². The topological polar surface area (TPSA) is 61.4 Å². The largest absolute Gasteiger partial charge is 0.347 e. The van der Waals surface area contributed by atoms with E-state index in [1.807, 2.05) is 11.8 Å². The summed E-state index contributed by atoms with van der Waals surface area (Å²) in [6, 6.07) is 0. The number of likely N-dealkylation sites (tertiary alicyclic amines) is 1. The summed E-state index contributed by atoms with van der Waals surface area (Å²) in [5.41, 5.74) is 0. The molecule has 5 nitrogen and oxygen atoms in total. The van der Waals surface area contributed by atoms with Crippen molar-refractivity contribution in [3.05, 3.63) is 0 Å². The van der Waals surface area contributed by atoms with Gasteiger partial charge < -0.3 is 15.5 Å². The van der Waals surface area contributed by atoms with E-state index in [-0.39, 0.29) is 30.8 Å². The molecule has 2 atom stereocenters. The van der Waals surface area contributed by atoms with Crippen molar-refractivity contribution >= 4 is 24.2 Å². The van der Waals surface area contributed by atoms with E-state index in [1.54, 1.807) is 0 Å². The molecule has 2 amide bonds. The molecule has 0 saturated carbocycles. The van der Waals surface area contributed by atoms with Gasteiger partial charge in [-0.3, -0.25) is 9.59 Å². The summed E-state index contributed by atoms with van der Waals surface area (Å²) in [4.78, 5) is 25.0. The lowest BCUT2D eigenvalue weighted by atomic mass is 10.0. The first-order valence-corrected chi connectivity index (χ1v) is 6.46. The average Bonchev–Trinajstić information content (AvgIpc) is 2.86. The third-order valence-corrected chi connectivity index (χ3v) is 3.66. The van der Waals surface area contributed by atoms with Crippen LogP contribution < -0.4 is 10.6 Å². The molecule has 2 rings (SSSR count). The molecule has 2 fully saturated rings. The maximum absolute atomic E-state index is 11.9. The number of hydrogen-bond acceptors (Lipinski definition) is 3. The average molecular weight is 276 g/mol. The lowest BCUT2D eigenvalue weighted by Gasteiger charge is -2.17. The molecule has 2 heterocycles. The van der Waals surface area contributed by atoms with E-state index in [4.69, 9.17) is 0 Å². The number of hydrogen-bond donors (Lipinski definition) is 2. The molecule has 0 spiro atoms. The molecule has 0 aromatic rings. The Bertz CT molecular complexity index is 300. The molecule has 0 aromatic heterocycles. The van der Waals surface area contributed by atoms with Crippen LogP contribution in [-0.4, -0.2) is 49.4 Å². The monoisotopic (exact) mass is 275 g/mol. The summed E-state index contributed by atoms with van der Waals surface area (Å²) in [5.74, 6) is 1.27. The number of fused-ring (bicyclic) bond motifs is 1. The molecular weight excluding hydrogens is 254 g/mol. The van der Waals surface area contributed by atoms with Crippen LogP contribution in [0.25, 0.3) is 0 Å². The summed E-state index contributed by atoms with van der Waals surface area (Å²) >= 11 is 0. The second-order valence-electron chi connectivity index (χ2n) is 5.00. The molecular formula is C12H22ClN3O2. The van der Waals surface area contributed by atoms with Crippen LogP contribution in [0.1, 0.15) is 19.8 Å². The van der Waals surface area contributed by atoms with Crippen molar-refractivity contribution in [2.75, 3.05) is 32.7 Å². The van der Waals surface area contributed by atoms with Gasteiger partial charge in [-0.1, -0.05) is 6.92 Å². The molecule has 0 radical (unpaired) electrons. The van der Waals surface area contributed by atoms with Gasteiger partial charge in [0.2, 0.25) is 11.8 Å². The van der Waals surface area contributed by atoms with Crippen LogP contribution in [0.15, 0.2) is 0 Å². The van der Waals surface area contributed by atoms with Crippen molar-refractivity contribution in [1.29, 1.82) is 0 Å². The maximum Gasteiger partial charge on any atom is 0.241 e. The van der Waals surface area contributed by atoms with Gasteiger partial charge in [-0.15, -0.1) is 12.4 Å². The van der Waals surface area contributed by atoms with Crippen LogP contribution in [0, 0.1) is 11.8 Å². The zero-order chi connectivity index (χ0) is 12.3. The van der Waals surface area contributed by atoms with Gasteiger partial charge in [-0.2, -0.15) is 0 Å². The minimum absolute atomic E-state index is 0. The van der Waals surface area contributed by atoms with Gasteiger partial charge in [0.15, 0.2) is 0 Å². The number of carbonyl (C=O) groups excluding carboxylic acids is 2. The predicted molar refractivity (Wildman–Crippen MR) is 71.6 cm³/mol. The Kier molecular flexibility index (Phi) is 5.88. The molecule has 0 aliphatic carbocycles. The van der Waals surface area contributed by atoms with E-state index in [2.05, 4.69) is 10.6 Å². The number of nitrogens with zero attached hydrogens (tertiary/aromatic N) is 1. The van der Waals surface area contributed by atoms with Gasteiger partial charge in [0.1, 0.15) is 0 Å². The Labute approximate surface area is 114 Å². The van der Waals surface area contributed by atoms with E-state index in [0.29, 0.717) is 18.3 Å². The number of rotatable bonds is 4. The summed E-state index contributed by atoms with van der Waals surface area (Å²) < 4.78 is 0. The molecule has 104 valence electrons. The van der Waals surface area contributed by atoms with Gasteiger partial charge in [0.05, 0.1) is 6.54 Å². The second-order valence-corrected chi connectivity index (χ2v) is 5.00. The van der Waals surface area contributed by atoms with Gasteiger partial charge in [-0.25, -0.2) is 0 Å². The molecule has 2 aliphatic rings. The van der Waals surface area contributed by atoms with E-state index in [9.17, 15) is 9.59 Å². The van der Waals surface area contributed by atoms with Crippen LogP contribution in [0.4, 0.5) is 0 Å². The summed E-state index contributed by atoms with van der Waals surface area (Å²) in [6.07, 6.45) is 1.32. The van der Waals surface area contributed by atoms with Crippen molar-refractivity contribution in [3.63, 3.8) is 0 Å². The number of carbonyl (C=O) groups is 2. The molecule has 0 unspecified atom stereocenters. The van der Waals surface area contributed by atoms with Crippen molar-refractivity contribution < 1.29 is 9.59 Å². The quantitative estimate of drug-likeness (QED) is 0.759. The highest BCUT2D eigenvalue weighted by Gasteiger charge is 2.37. The van der Waals surface area contributed by atoms with Gasteiger partial charge in [0, 0.05) is 32.6 Å². The van der Waals surface area contributed by atoms with E-state index in [1.165, 1.54) is 0 Å². The third kappa shape index (κ3) is 3.59. The molecule has 2 saturated heterocycles. The lowest BCUT2D eigenvalue weighted by Crippen LogP contribution is -2.40. The highest BCUT2D eigenvalue weighted by molar-refractivity contribution is 5.85. The fraction of sp³-hybridized carbons (Fsp3) is 0.833. The van der Waals surface area contributed by atoms with E-state index in [0.717, 1.165) is 32.6 Å². The lowest BCUT2D eigenvalue weighted by molar-refractivity contribution is -0.132. The van der Waals surface area contributed by atoms with Crippen molar-refractivity contribution in [3.8, 4) is 0 Å². The second kappa shape index (κ2) is 6.95. The highest BCUT2D eigenvalue weighted by atomic mass is 35.5. The maximum atomic E-state index is 11.9. The van der Waals surface area contributed by atoms with Gasteiger partial charge in [-0.05, 0) is 18.3 Å². The SMILES string of the molecule is CCCC(=O)NCC(=O)N1C[C@H]2CNC[C@H]2C1.Cl. The Hall–Kier alpha value is -0.810. The molecule has 6 heteroatoms. The normalized spacial score (nSPS) is 25.5. The fourth-order valence-corrected chi connectivity index (χ4v) is 2.66. The minimum Gasteiger partial charge on any atom is -0.347 e. The van der Waals surface area contributed by atoms with Crippen LogP contribution in [-0.2, 0) is 9.59 Å². The number of amides is 2. The first-order valence-electron chi connectivity index (χ1n) is 6.46. The molecule has 2 N–H and O–H groups in total. The Morgan fingerprint density at radius 2 is 1.89 bits per heavy atom. The number of nitrogens with one attached hydrogen (secondary N) is 2. The fourth-order valence-electron chi connectivity index (χ4n) is 2.66. The van der Waals surface area contributed by atoms with Crippen molar-refractivity contribution in [1.82, 2.24) is 15.5 Å². The zero-order valence-corrected chi connectivity index (χ0v) is 11.6. The third-order valence-electron chi connectivity index (χ3n) is 3.66. The van der Waals surface area contributed by atoms with Crippen LogP contribution >= 0.6 is 12.4 Å². The molecule has 2 aliphatic heterocycles. The summed E-state index contributed by atoms with van der Waals surface area (Å²) in [5, 5.41) is 6.02. The highest BCUT2D eigenvalue weighted by Crippen LogP contribution is 2.25. The Morgan fingerprint density at radius 3 is 2.44 bits per heavy atom. The molecule has 0 bridgehead atoms. The van der Waals surface area contributed by atoms with E-state index >= 15 is 0 Å². The first kappa shape index (κ1) is 15.2. The van der Waals surface area contributed by atoms with Gasteiger partial charge >= 0.3 is 0 Å². The molecule has 0 aromatic carbocycles. The predicted octanol–water partition coefficient (Wildman–Crippen LogP) is 0.00230. The van der Waals surface area contributed by atoms with Crippen LogP contribution in [0.2, 0.25) is 0 Å². The summed E-state index contributed by atoms with van der Waals surface area (Å²) in [7, 11) is 0. The van der Waals surface area contributed by atoms with Crippen LogP contribution in [0.5, 0.6) is 0 Å². The first-order chi connectivity index (χ1) is 8.20. The van der Waals surface area contributed by atoms with Crippen molar-refractivity contribution in [2.45, 2.75) is 19.8 Å². The smallest absolute Gasteiger partial charge is 0.241 e. The van der Waals surface area contributed by atoms with Crippen LogP contribution in [0.3, 0.4) is 0 Å². The number of halogens is 1. The Balaban J connectivity index is 0.00000162. The summed E-state index contributed by atoms with van der Waals surface area (Å²) in [6.45, 7) is 5.86. The Morgan fingerprint density at radius 1 is 1.28 bits per heavy atom. The zero-order valence-electron chi connectivity index (χ0n) is 10.8.